The van der Waals surface area contributed by atoms with Gasteiger partial charge in [0.1, 0.15) is 6.23 Å². The first-order valence-corrected chi connectivity index (χ1v) is 6.19. The molecule has 1 aliphatic rings. The average molecular weight is 301 g/mol. The Balaban J connectivity index is 2.37. The fraction of sp³-hybridized carbons (Fsp3) is 0.636. The van der Waals surface area contributed by atoms with Gasteiger partial charge in [-0.15, -0.1) is 0 Å². The summed E-state index contributed by atoms with van der Waals surface area (Å²) in [6.07, 6.45) is -1.18. The van der Waals surface area contributed by atoms with Gasteiger partial charge in [0, 0.05) is 23.1 Å². The van der Waals surface area contributed by atoms with Crippen LogP contribution in [0.15, 0.2) is 15.8 Å². The number of nitro groups is 1. The van der Waals surface area contributed by atoms with Gasteiger partial charge in [-0.1, -0.05) is 0 Å². The van der Waals surface area contributed by atoms with E-state index >= 15 is 0 Å². The summed E-state index contributed by atoms with van der Waals surface area (Å²) in [7, 11) is 0. The first-order valence-electron chi connectivity index (χ1n) is 6.19. The molecule has 0 bridgehead atoms. The molecule has 0 aliphatic carbocycles. The molecule has 3 atom stereocenters. The Morgan fingerprint density at radius 1 is 1.62 bits per heavy atom. The topological polar surface area (TPSA) is 148 Å². The van der Waals surface area contributed by atoms with Crippen molar-refractivity contribution in [2.24, 2.45) is 0 Å². The van der Waals surface area contributed by atoms with E-state index in [9.17, 15) is 29.9 Å². The van der Waals surface area contributed by atoms with Crippen molar-refractivity contribution in [3.8, 4) is 0 Å². The van der Waals surface area contributed by atoms with Crippen molar-refractivity contribution in [1.82, 2.24) is 9.55 Å². The lowest BCUT2D eigenvalue weighted by molar-refractivity contribution is -0.506. The summed E-state index contributed by atoms with van der Waals surface area (Å²) < 4.78 is 6.42. The lowest BCUT2D eigenvalue weighted by Crippen LogP contribution is -2.49. The minimum atomic E-state index is -1.77. The van der Waals surface area contributed by atoms with Crippen LogP contribution in [0.2, 0.25) is 0 Å². The molecule has 1 fully saturated rings. The molecule has 3 N–H and O–H groups in total. The summed E-state index contributed by atoms with van der Waals surface area (Å²) in [6, 6.07) is 0. The number of aromatic amines is 1. The predicted molar refractivity (Wildman–Crippen MR) is 68.5 cm³/mol. The highest BCUT2D eigenvalue weighted by molar-refractivity contribution is 5.03. The third-order valence-electron chi connectivity index (χ3n) is 3.52. The molecule has 1 aliphatic heterocycles. The van der Waals surface area contributed by atoms with Crippen LogP contribution in [-0.2, 0) is 4.74 Å². The minimum absolute atomic E-state index is 0.111. The maximum atomic E-state index is 11.8. The van der Waals surface area contributed by atoms with Crippen LogP contribution in [0.3, 0.4) is 0 Å². The van der Waals surface area contributed by atoms with Crippen LogP contribution in [0.5, 0.6) is 0 Å². The Bertz CT molecular complexity index is 667. The average Bonchev–Trinajstić information content (AvgIpc) is 2.71. The monoisotopic (exact) mass is 301 g/mol. The molecule has 10 heteroatoms. The van der Waals surface area contributed by atoms with Crippen molar-refractivity contribution in [3.63, 3.8) is 0 Å². The zero-order valence-electron chi connectivity index (χ0n) is 11.2. The van der Waals surface area contributed by atoms with E-state index in [1.807, 2.05) is 0 Å². The maximum absolute atomic E-state index is 11.8. The second-order valence-corrected chi connectivity index (χ2v) is 5.02. The molecule has 0 spiro atoms. The standard InChI is InChI=1S/C11H15N3O7/c1-6-3-13(10(18)12-9(6)17)8-2-7(16)11(5-15,21-8)4-14(19)20/h3,7-8,15-16H,2,4-5H2,1H3,(H,12,17,18)/t7-,8+,11+/m0/s1. The molecule has 2 heterocycles. The van der Waals surface area contributed by atoms with Crippen molar-refractivity contribution in [2.45, 2.75) is 31.3 Å². The number of hydrogen-bond donors (Lipinski definition) is 3. The minimum Gasteiger partial charge on any atom is -0.393 e. The summed E-state index contributed by atoms with van der Waals surface area (Å²) in [5.74, 6) is 0. The van der Waals surface area contributed by atoms with Gasteiger partial charge in [0.15, 0.2) is 5.60 Å². The number of aliphatic hydroxyl groups excluding tert-OH is 2. The van der Waals surface area contributed by atoms with Crippen LogP contribution in [0.1, 0.15) is 18.2 Å². The van der Waals surface area contributed by atoms with Gasteiger partial charge >= 0.3 is 5.69 Å². The van der Waals surface area contributed by atoms with E-state index < -0.39 is 47.3 Å². The van der Waals surface area contributed by atoms with Gasteiger partial charge in [-0.25, -0.2) is 4.79 Å². The van der Waals surface area contributed by atoms with E-state index in [0.29, 0.717) is 0 Å². The molecule has 10 nitrogen and oxygen atoms in total. The number of ether oxygens (including phenoxy) is 1. The Hall–Kier alpha value is -2.04. The molecule has 0 amide bonds. The lowest BCUT2D eigenvalue weighted by Gasteiger charge is -2.25. The van der Waals surface area contributed by atoms with E-state index in [-0.39, 0.29) is 12.0 Å². The number of aromatic nitrogens is 2. The molecule has 0 saturated carbocycles. The molecule has 0 radical (unpaired) electrons. The van der Waals surface area contributed by atoms with Gasteiger partial charge in [0.2, 0.25) is 6.54 Å². The first-order chi connectivity index (χ1) is 9.79. The normalized spacial score (nSPS) is 28.7. The highest BCUT2D eigenvalue weighted by Crippen LogP contribution is 2.36. The number of rotatable bonds is 4. The quantitative estimate of drug-likeness (QED) is 0.436. The smallest absolute Gasteiger partial charge is 0.330 e. The summed E-state index contributed by atoms with van der Waals surface area (Å²) in [4.78, 5) is 35.1. The third-order valence-corrected chi connectivity index (χ3v) is 3.52. The van der Waals surface area contributed by atoms with Gasteiger partial charge < -0.3 is 14.9 Å². The molecule has 21 heavy (non-hydrogen) atoms. The zero-order chi connectivity index (χ0) is 15.8. The second-order valence-electron chi connectivity index (χ2n) is 5.02. The molecular formula is C11H15N3O7. The zero-order valence-corrected chi connectivity index (χ0v) is 11.2. The highest BCUT2D eigenvalue weighted by atomic mass is 16.6. The molecule has 0 unspecified atom stereocenters. The van der Waals surface area contributed by atoms with Crippen LogP contribution in [0.25, 0.3) is 0 Å². The Morgan fingerprint density at radius 3 is 2.86 bits per heavy atom. The molecule has 116 valence electrons. The molecule has 1 saturated heterocycles. The van der Waals surface area contributed by atoms with Gasteiger partial charge in [-0.3, -0.25) is 24.5 Å². The SMILES string of the molecule is Cc1cn([C@H]2C[C@H](O)[C@](CO)(C[N+](=O)[O-])O2)c(=O)[nH]c1=O. The van der Waals surface area contributed by atoms with Crippen molar-refractivity contribution < 1.29 is 19.9 Å². The third kappa shape index (κ3) is 2.73. The van der Waals surface area contributed by atoms with Crippen molar-refractivity contribution in [2.75, 3.05) is 13.2 Å². The van der Waals surface area contributed by atoms with E-state index in [1.54, 1.807) is 0 Å². The van der Waals surface area contributed by atoms with E-state index in [0.717, 1.165) is 4.57 Å². The summed E-state index contributed by atoms with van der Waals surface area (Å²) >= 11 is 0. The van der Waals surface area contributed by atoms with Crippen molar-refractivity contribution in [3.05, 3.63) is 42.7 Å². The van der Waals surface area contributed by atoms with Gasteiger partial charge in [-0.05, 0) is 6.92 Å². The Labute approximate surface area is 117 Å². The number of nitrogens with one attached hydrogen (secondary N) is 1. The lowest BCUT2D eigenvalue weighted by atomic mass is 9.98. The van der Waals surface area contributed by atoms with Gasteiger partial charge in [0.05, 0.1) is 12.7 Å². The first kappa shape index (κ1) is 15.4. The summed E-state index contributed by atoms with van der Waals surface area (Å²) in [6.45, 7) is -0.0720. The van der Waals surface area contributed by atoms with E-state index in [2.05, 4.69) is 4.98 Å². The number of nitrogens with zero attached hydrogens (tertiary/aromatic N) is 2. The van der Waals surface area contributed by atoms with Crippen molar-refractivity contribution >= 4 is 0 Å². The fourth-order valence-corrected chi connectivity index (χ4v) is 2.33. The van der Waals surface area contributed by atoms with E-state index in [4.69, 9.17) is 4.74 Å². The molecular weight excluding hydrogens is 286 g/mol. The van der Waals surface area contributed by atoms with Crippen LogP contribution >= 0.6 is 0 Å². The predicted octanol–water partition coefficient (Wildman–Crippen LogP) is -1.87. The van der Waals surface area contributed by atoms with Crippen LogP contribution in [0, 0.1) is 17.0 Å². The molecule has 1 aromatic rings. The Morgan fingerprint density at radius 2 is 2.29 bits per heavy atom. The summed E-state index contributed by atoms with van der Waals surface area (Å²) in [5.41, 5.74) is -2.81. The second kappa shape index (κ2) is 5.39. The Kier molecular flexibility index (Phi) is 3.94. The number of H-pyrrole nitrogens is 1. The molecule has 2 rings (SSSR count). The van der Waals surface area contributed by atoms with E-state index in [1.165, 1.54) is 13.1 Å². The molecule has 0 aromatic carbocycles. The van der Waals surface area contributed by atoms with Gasteiger partial charge in [-0.2, -0.15) is 0 Å². The number of aryl methyl sites for hydroxylation is 1. The molecule has 1 aromatic heterocycles. The largest absolute Gasteiger partial charge is 0.393 e. The maximum Gasteiger partial charge on any atom is 0.330 e. The van der Waals surface area contributed by atoms with Crippen LogP contribution in [0.4, 0.5) is 0 Å². The fourth-order valence-electron chi connectivity index (χ4n) is 2.33. The van der Waals surface area contributed by atoms with Gasteiger partial charge in [0.25, 0.3) is 5.56 Å². The highest BCUT2D eigenvalue weighted by Gasteiger charge is 2.52. The van der Waals surface area contributed by atoms with Crippen molar-refractivity contribution in [1.29, 1.82) is 0 Å². The number of aliphatic hydroxyl groups is 2. The van der Waals surface area contributed by atoms with Crippen LogP contribution in [-0.4, -0.2) is 49.5 Å². The number of hydrogen-bond acceptors (Lipinski definition) is 7. The summed E-state index contributed by atoms with van der Waals surface area (Å²) in [5, 5.41) is 30.0. The van der Waals surface area contributed by atoms with Crippen LogP contribution < -0.4 is 11.2 Å².